The van der Waals surface area contributed by atoms with Gasteiger partial charge in [0.2, 0.25) is 5.91 Å². The van der Waals surface area contributed by atoms with Crippen LogP contribution in [0.15, 0.2) is 53.5 Å². The first-order valence-corrected chi connectivity index (χ1v) is 11.1. The van der Waals surface area contributed by atoms with Gasteiger partial charge < -0.3 is 9.80 Å². The van der Waals surface area contributed by atoms with Gasteiger partial charge in [-0.1, -0.05) is 18.2 Å². The summed E-state index contributed by atoms with van der Waals surface area (Å²) in [6.45, 7) is 5.57. The third kappa shape index (κ3) is 4.56. The van der Waals surface area contributed by atoms with Crippen LogP contribution in [0.25, 0.3) is 11.0 Å². The Bertz CT molecular complexity index is 1080. The molecule has 0 aliphatic carbocycles. The lowest BCUT2D eigenvalue weighted by Crippen LogP contribution is -2.47. The van der Waals surface area contributed by atoms with E-state index in [0.717, 1.165) is 55.6 Å². The Hall–Kier alpha value is -2.93. The Morgan fingerprint density at radius 1 is 1.06 bits per heavy atom. The predicted molar refractivity (Wildman–Crippen MR) is 122 cm³/mol. The van der Waals surface area contributed by atoms with Crippen LogP contribution in [-0.2, 0) is 24.3 Å². The van der Waals surface area contributed by atoms with Gasteiger partial charge in [0.05, 0.1) is 11.0 Å². The van der Waals surface area contributed by atoms with Gasteiger partial charge in [0.15, 0.2) is 0 Å². The SMILES string of the molecule is CCn1c(=O)n(CC(=O)N(C)C2CCN(CCc3ccccn3)CC2)c2ccccc21. The summed E-state index contributed by atoms with van der Waals surface area (Å²) >= 11 is 0. The van der Waals surface area contributed by atoms with Gasteiger partial charge in [0, 0.05) is 57.6 Å². The van der Waals surface area contributed by atoms with Crippen LogP contribution in [0.3, 0.4) is 0 Å². The smallest absolute Gasteiger partial charge is 0.329 e. The number of hydrogen-bond donors (Lipinski definition) is 0. The molecule has 1 aliphatic rings. The number of hydrogen-bond acceptors (Lipinski definition) is 4. The van der Waals surface area contributed by atoms with Gasteiger partial charge in [0.25, 0.3) is 0 Å². The molecule has 3 aromatic rings. The highest BCUT2D eigenvalue weighted by atomic mass is 16.2. The summed E-state index contributed by atoms with van der Waals surface area (Å²) < 4.78 is 3.34. The number of aryl methyl sites for hydroxylation is 1. The molecular weight excluding hydrogens is 390 g/mol. The van der Waals surface area contributed by atoms with E-state index >= 15 is 0 Å². The van der Waals surface area contributed by atoms with E-state index in [0.29, 0.717) is 6.54 Å². The highest BCUT2D eigenvalue weighted by Crippen LogP contribution is 2.18. The first kappa shape index (κ1) is 21.3. The standard InChI is InChI=1S/C24H31N5O2/c1-3-28-21-9-4-5-10-22(21)29(24(28)31)18-23(30)26(2)20-12-16-27(17-13-20)15-11-19-8-6-7-14-25-19/h4-10,14,20H,3,11-13,15-18H2,1-2H3. The first-order chi connectivity index (χ1) is 15.1. The third-order valence-electron chi connectivity index (χ3n) is 6.44. The maximum absolute atomic E-state index is 13.0. The fraction of sp³-hybridized carbons (Fsp3) is 0.458. The molecular formula is C24H31N5O2. The number of rotatable bonds is 7. The lowest BCUT2D eigenvalue weighted by atomic mass is 10.0. The van der Waals surface area contributed by atoms with Crippen molar-refractivity contribution in [1.82, 2.24) is 23.9 Å². The highest BCUT2D eigenvalue weighted by molar-refractivity contribution is 5.81. The molecule has 3 heterocycles. The number of pyridine rings is 1. The van der Waals surface area contributed by atoms with Crippen LogP contribution in [0.1, 0.15) is 25.5 Å². The van der Waals surface area contributed by atoms with Crippen molar-refractivity contribution in [3.05, 3.63) is 64.8 Å². The molecule has 0 atom stereocenters. The molecule has 0 unspecified atom stereocenters. The van der Waals surface area contributed by atoms with Crippen molar-refractivity contribution in [2.24, 2.45) is 0 Å². The maximum Gasteiger partial charge on any atom is 0.329 e. The minimum atomic E-state index is -0.116. The van der Waals surface area contributed by atoms with Crippen LogP contribution in [0, 0.1) is 0 Å². The Balaban J connectivity index is 1.35. The van der Waals surface area contributed by atoms with E-state index in [1.165, 1.54) is 0 Å². The summed E-state index contributed by atoms with van der Waals surface area (Å²) in [7, 11) is 1.88. The third-order valence-corrected chi connectivity index (χ3v) is 6.44. The van der Waals surface area contributed by atoms with E-state index in [1.807, 2.05) is 61.5 Å². The minimum Gasteiger partial charge on any atom is -0.341 e. The van der Waals surface area contributed by atoms with Gasteiger partial charge in [-0.15, -0.1) is 0 Å². The molecule has 4 rings (SSSR count). The van der Waals surface area contributed by atoms with Gasteiger partial charge in [0.1, 0.15) is 6.54 Å². The molecule has 1 fully saturated rings. The molecule has 7 heteroatoms. The summed E-state index contributed by atoms with van der Waals surface area (Å²) in [6.07, 6.45) is 4.70. The summed E-state index contributed by atoms with van der Waals surface area (Å²) in [5.41, 5.74) is 2.70. The van der Waals surface area contributed by atoms with Crippen LogP contribution in [0.5, 0.6) is 0 Å². The number of nitrogens with zero attached hydrogens (tertiary/aromatic N) is 5. The fourth-order valence-electron chi connectivity index (χ4n) is 4.53. The number of imidazole rings is 1. The van der Waals surface area contributed by atoms with E-state index in [9.17, 15) is 9.59 Å². The number of likely N-dealkylation sites (N-methyl/N-ethyl adjacent to an activating group) is 1. The van der Waals surface area contributed by atoms with Crippen LogP contribution in [0.2, 0.25) is 0 Å². The number of amides is 1. The summed E-state index contributed by atoms with van der Waals surface area (Å²) in [5, 5.41) is 0. The summed E-state index contributed by atoms with van der Waals surface area (Å²) in [4.78, 5) is 34.6. The predicted octanol–water partition coefficient (Wildman–Crippen LogP) is 2.38. The number of benzene rings is 1. The molecule has 0 spiro atoms. The minimum absolute atomic E-state index is 0.00644. The topological polar surface area (TPSA) is 63.4 Å². The molecule has 1 saturated heterocycles. The van der Waals surface area contributed by atoms with E-state index in [2.05, 4.69) is 16.0 Å². The quantitative estimate of drug-likeness (QED) is 0.588. The molecule has 2 aromatic heterocycles. The second-order valence-electron chi connectivity index (χ2n) is 8.25. The van der Waals surface area contributed by atoms with E-state index in [4.69, 9.17) is 0 Å². The van der Waals surface area contributed by atoms with Gasteiger partial charge in [-0.2, -0.15) is 0 Å². The van der Waals surface area contributed by atoms with E-state index in [1.54, 1.807) is 9.13 Å². The van der Waals surface area contributed by atoms with Crippen molar-refractivity contribution in [2.45, 2.75) is 45.3 Å². The van der Waals surface area contributed by atoms with Crippen molar-refractivity contribution in [1.29, 1.82) is 0 Å². The van der Waals surface area contributed by atoms with E-state index in [-0.39, 0.29) is 24.2 Å². The van der Waals surface area contributed by atoms with Crippen molar-refractivity contribution in [2.75, 3.05) is 26.7 Å². The highest BCUT2D eigenvalue weighted by Gasteiger charge is 2.26. The summed E-state index contributed by atoms with van der Waals surface area (Å²) in [6, 6.07) is 13.9. The van der Waals surface area contributed by atoms with Gasteiger partial charge in [-0.05, 0) is 44.0 Å². The number of aromatic nitrogens is 3. The maximum atomic E-state index is 13.0. The second-order valence-corrected chi connectivity index (χ2v) is 8.25. The first-order valence-electron chi connectivity index (χ1n) is 11.1. The molecule has 0 saturated carbocycles. The zero-order chi connectivity index (χ0) is 21.8. The van der Waals surface area contributed by atoms with Crippen LogP contribution in [0.4, 0.5) is 0 Å². The molecule has 1 amide bonds. The zero-order valence-corrected chi connectivity index (χ0v) is 18.4. The van der Waals surface area contributed by atoms with Crippen LogP contribution in [-0.4, -0.2) is 62.5 Å². The van der Waals surface area contributed by atoms with Crippen molar-refractivity contribution < 1.29 is 4.79 Å². The molecule has 0 N–H and O–H groups in total. The second kappa shape index (κ2) is 9.47. The Morgan fingerprint density at radius 3 is 2.39 bits per heavy atom. The average molecular weight is 422 g/mol. The fourth-order valence-corrected chi connectivity index (χ4v) is 4.53. The summed E-state index contributed by atoms with van der Waals surface area (Å²) in [5.74, 6) is -0.00644. The number of likely N-dealkylation sites (tertiary alicyclic amines) is 1. The monoisotopic (exact) mass is 421 g/mol. The van der Waals surface area contributed by atoms with Crippen LogP contribution >= 0.6 is 0 Å². The molecule has 1 aromatic carbocycles. The molecule has 31 heavy (non-hydrogen) atoms. The molecule has 0 radical (unpaired) electrons. The number of carbonyl (C=O) groups is 1. The zero-order valence-electron chi connectivity index (χ0n) is 18.4. The Kier molecular flexibility index (Phi) is 6.51. The lowest BCUT2D eigenvalue weighted by molar-refractivity contribution is -0.133. The number of para-hydroxylation sites is 2. The molecule has 0 bridgehead atoms. The Labute approximate surface area is 182 Å². The van der Waals surface area contributed by atoms with Crippen molar-refractivity contribution in [3.63, 3.8) is 0 Å². The van der Waals surface area contributed by atoms with Gasteiger partial charge in [-0.3, -0.25) is 18.9 Å². The van der Waals surface area contributed by atoms with Crippen molar-refractivity contribution in [3.8, 4) is 0 Å². The van der Waals surface area contributed by atoms with E-state index < -0.39 is 0 Å². The molecule has 1 aliphatic heterocycles. The Morgan fingerprint density at radius 2 is 1.74 bits per heavy atom. The largest absolute Gasteiger partial charge is 0.341 e. The van der Waals surface area contributed by atoms with Gasteiger partial charge in [-0.25, -0.2) is 4.79 Å². The number of piperidine rings is 1. The molecule has 7 nitrogen and oxygen atoms in total. The normalized spacial score (nSPS) is 15.4. The molecule has 164 valence electrons. The van der Waals surface area contributed by atoms with Crippen LogP contribution < -0.4 is 5.69 Å². The lowest BCUT2D eigenvalue weighted by Gasteiger charge is -2.36. The van der Waals surface area contributed by atoms with Gasteiger partial charge >= 0.3 is 5.69 Å². The number of carbonyl (C=O) groups excluding carboxylic acids is 1. The number of fused-ring (bicyclic) bond motifs is 1. The van der Waals surface area contributed by atoms with Crippen molar-refractivity contribution >= 4 is 16.9 Å². The average Bonchev–Trinajstić information content (AvgIpc) is 3.08.